The van der Waals surface area contributed by atoms with Gasteiger partial charge in [0.05, 0.1) is 6.61 Å². The van der Waals surface area contributed by atoms with Crippen molar-refractivity contribution < 1.29 is 9.63 Å². The molecule has 1 heterocycles. The molecule has 1 aromatic carbocycles. The van der Waals surface area contributed by atoms with E-state index < -0.39 is 0 Å². The molecule has 1 aromatic rings. The molecule has 2 rings (SSSR count). The second-order valence-electron chi connectivity index (χ2n) is 5.17. The van der Waals surface area contributed by atoms with Crippen LogP contribution >= 0.6 is 0 Å². The van der Waals surface area contributed by atoms with Crippen LogP contribution in [0.2, 0.25) is 0 Å². The number of carbonyl (C=O) groups excluding carboxylic acids is 1. The van der Waals surface area contributed by atoms with Gasteiger partial charge in [-0.3, -0.25) is 4.79 Å². The van der Waals surface area contributed by atoms with Crippen molar-refractivity contribution in [2.24, 2.45) is 5.90 Å². The van der Waals surface area contributed by atoms with Gasteiger partial charge in [-0.05, 0) is 44.7 Å². The molecule has 1 atom stereocenters. The average molecular weight is 262 g/mol. The van der Waals surface area contributed by atoms with Gasteiger partial charge < -0.3 is 9.74 Å². The fraction of sp³-hybridized carbons (Fsp3) is 0.533. The summed E-state index contributed by atoms with van der Waals surface area (Å²) < 4.78 is 0. The van der Waals surface area contributed by atoms with Crippen molar-refractivity contribution in [2.45, 2.75) is 38.6 Å². The van der Waals surface area contributed by atoms with Crippen molar-refractivity contribution in [3.63, 3.8) is 0 Å². The first kappa shape index (κ1) is 14.0. The molecule has 0 bridgehead atoms. The summed E-state index contributed by atoms with van der Waals surface area (Å²) in [4.78, 5) is 19.2. The van der Waals surface area contributed by atoms with Crippen LogP contribution in [0.4, 0.5) is 0 Å². The van der Waals surface area contributed by atoms with Crippen LogP contribution in [0.3, 0.4) is 0 Å². The largest absolute Gasteiger partial charge is 0.336 e. The smallest absolute Gasteiger partial charge is 0.254 e. The first-order valence-corrected chi connectivity index (χ1v) is 6.91. The number of benzene rings is 1. The third kappa shape index (κ3) is 3.55. The van der Waals surface area contributed by atoms with E-state index in [-0.39, 0.29) is 11.9 Å². The first-order chi connectivity index (χ1) is 9.22. The molecule has 0 aromatic heterocycles. The molecule has 0 spiro atoms. The van der Waals surface area contributed by atoms with Crippen molar-refractivity contribution in [3.8, 4) is 0 Å². The Kier molecular flexibility index (Phi) is 4.93. The number of aryl methyl sites for hydroxylation is 1. The summed E-state index contributed by atoms with van der Waals surface area (Å²) in [6.07, 6.45) is 4.11. The second-order valence-corrected chi connectivity index (χ2v) is 5.17. The quantitative estimate of drug-likeness (QED) is 0.847. The highest BCUT2D eigenvalue weighted by Gasteiger charge is 2.27. The highest BCUT2D eigenvalue weighted by atomic mass is 16.6. The molecule has 0 aliphatic carbocycles. The average Bonchev–Trinajstić information content (AvgIpc) is 2.45. The van der Waals surface area contributed by atoms with Crippen molar-refractivity contribution in [1.82, 2.24) is 4.90 Å². The number of hydrogen-bond acceptors (Lipinski definition) is 3. The second kappa shape index (κ2) is 6.68. The molecular formula is C15H22N2O2. The number of likely N-dealkylation sites (tertiary alicyclic amines) is 1. The van der Waals surface area contributed by atoms with Gasteiger partial charge in [-0.1, -0.05) is 17.7 Å². The fourth-order valence-corrected chi connectivity index (χ4v) is 2.63. The maximum atomic E-state index is 12.5. The molecule has 1 aliphatic rings. The predicted octanol–water partition coefficient (Wildman–Crippen LogP) is 2.27. The Morgan fingerprint density at radius 3 is 2.79 bits per heavy atom. The van der Waals surface area contributed by atoms with E-state index in [1.165, 1.54) is 12.0 Å². The highest BCUT2D eigenvalue weighted by molar-refractivity contribution is 5.94. The molecule has 1 amide bonds. The van der Waals surface area contributed by atoms with Crippen LogP contribution in [0, 0.1) is 6.92 Å². The van der Waals surface area contributed by atoms with Crippen LogP contribution in [0.25, 0.3) is 0 Å². The van der Waals surface area contributed by atoms with Gasteiger partial charge in [0.1, 0.15) is 0 Å². The Labute approximate surface area is 114 Å². The molecule has 104 valence electrons. The normalized spacial score (nSPS) is 19.5. The van der Waals surface area contributed by atoms with Gasteiger partial charge in [-0.2, -0.15) is 0 Å². The Morgan fingerprint density at radius 2 is 2.11 bits per heavy atom. The summed E-state index contributed by atoms with van der Waals surface area (Å²) in [7, 11) is 0. The van der Waals surface area contributed by atoms with Gasteiger partial charge in [0.2, 0.25) is 0 Å². The van der Waals surface area contributed by atoms with Crippen LogP contribution in [0.1, 0.15) is 41.6 Å². The van der Waals surface area contributed by atoms with Gasteiger partial charge in [-0.15, -0.1) is 0 Å². The van der Waals surface area contributed by atoms with Crippen LogP contribution in [0.5, 0.6) is 0 Å². The van der Waals surface area contributed by atoms with Crippen LogP contribution < -0.4 is 5.90 Å². The third-order valence-corrected chi connectivity index (χ3v) is 3.76. The number of nitrogens with zero attached hydrogens (tertiary/aromatic N) is 1. The van der Waals surface area contributed by atoms with Gasteiger partial charge >= 0.3 is 0 Å². The van der Waals surface area contributed by atoms with Gasteiger partial charge in [0, 0.05) is 18.2 Å². The van der Waals surface area contributed by atoms with Crippen molar-refractivity contribution in [3.05, 3.63) is 35.4 Å². The Morgan fingerprint density at radius 1 is 1.37 bits per heavy atom. The Balaban J connectivity index is 2.08. The topological polar surface area (TPSA) is 55.6 Å². The standard InChI is InChI=1S/C15H22N2O2/c1-12-5-7-13(8-6-12)15(18)17-10-3-2-4-14(17)9-11-19-16/h5-8,14H,2-4,9-11,16H2,1H3. The summed E-state index contributed by atoms with van der Waals surface area (Å²) in [5.41, 5.74) is 1.94. The fourth-order valence-electron chi connectivity index (χ4n) is 2.63. The molecule has 1 saturated heterocycles. The van der Waals surface area contributed by atoms with E-state index in [2.05, 4.69) is 4.84 Å². The van der Waals surface area contributed by atoms with E-state index in [1.807, 2.05) is 36.1 Å². The van der Waals surface area contributed by atoms with E-state index in [0.717, 1.165) is 31.4 Å². The van der Waals surface area contributed by atoms with Crippen molar-refractivity contribution >= 4 is 5.91 Å². The lowest BCUT2D eigenvalue weighted by atomic mass is 9.98. The zero-order valence-electron chi connectivity index (χ0n) is 11.5. The van der Waals surface area contributed by atoms with E-state index in [9.17, 15) is 4.79 Å². The highest BCUT2D eigenvalue weighted by Crippen LogP contribution is 2.22. The molecule has 19 heavy (non-hydrogen) atoms. The molecule has 1 unspecified atom stereocenters. The predicted molar refractivity (Wildman–Crippen MR) is 74.6 cm³/mol. The summed E-state index contributed by atoms with van der Waals surface area (Å²) in [5.74, 6) is 5.22. The van der Waals surface area contributed by atoms with Gasteiger partial charge in [0.15, 0.2) is 0 Å². The number of hydrogen-bond donors (Lipinski definition) is 1. The minimum Gasteiger partial charge on any atom is -0.336 e. The minimum atomic E-state index is 0.127. The molecular weight excluding hydrogens is 240 g/mol. The van der Waals surface area contributed by atoms with Crippen LogP contribution in [-0.2, 0) is 4.84 Å². The van der Waals surface area contributed by atoms with Crippen LogP contribution in [-0.4, -0.2) is 30.0 Å². The van der Waals surface area contributed by atoms with Crippen molar-refractivity contribution in [1.29, 1.82) is 0 Å². The lowest BCUT2D eigenvalue weighted by molar-refractivity contribution is 0.0514. The Bertz CT molecular complexity index is 417. The maximum Gasteiger partial charge on any atom is 0.254 e. The number of piperidine rings is 1. The summed E-state index contributed by atoms with van der Waals surface area (Å²) in [6.45, 7) is 3.36. The number of amides is 1. The number of nitrogens with two attached hydrogens (primary N) is 1. The molecule has 2 N–H and O–H groups in total. The lowest BCUT2D eigenvalue weighted by Crippen LogP contribution is -2.44. The first-order valence-electron chi connectivity index (χ1n) is 6.91. The van der Waals surface area contributed by atoms with Gasteiger partial charge in [-0.25, -0.2) is 5.90 Å². The van der Waals surface area contributed by atoms with Gasteiger partial charge in [0.25, 0.3) is 5.91 Å². The molecule has 1 fully saturated rings. The van der Waals surface area contributed by atoms with Crippen LogP contribution in [0.15, 0.2) is 24.3 Å². The monoisotopic (exact) mass is 262 g/mol. The lowest BCUT2D eigenvalue weighted by Gasteiger charge is -2.35. The molecule has 4 nitrogen and oxygen atoms in total. The third-order valence-electron chi connectivity index (χ3n) is 3.76. The van der Waals surface area contributed by atoms with E-state index in [4.69, 9.17) is 5.90 Å². The Hall–Kier alpha value is -1.39. The van der Waals surface area contributed by atoms with E-state index in [0.29, 0.717) is 6.61 Å². The van der Waals surface area contributed by atoms with E-state index in [1.54, 1.807) is 0 Å². The molecule has 0 radical (unpaired) electrons. The maximum absolute atomic E-state index is 12.5. The molecule has 4 heteroatoms. The zero-order valence-corrected chi connectivity index (χ0v) is 11.5. The van der Waals surface area contributed by atoms with E-state index >= 15 is 0 Å². The summed E-state index contributed by atoms with van der Waals surface area (Å²) in [6, 6.07) is 8.03. The summed E-state index contributed by atoms with van der Waals surface area (Å²) in [5, 5.41) is 0. The molecule has 0 saturated carbocycles. The number of carbonyl (C=O) groups is 1. The minimum absolute atomic E-state index is 0.127. The summed E-state index contributed by atoms with van der Waals surface area (Å²) >= 11 is 0. The number of rotatable bonds is 4. The van der Waals surface area contributed by atoms with Crippen molar-refractivity contribution in [2.75, 3.05) is 13.2 Å². The molecule has 1 aliphatic heterocycles. The zero-order chi connectivity index (χ0) is 13.7. The SMILES string of the molecule is Cc1ccc(C(=O)N2CCCCC2CCON)cc1.